The summed E-state index contributed by atoms with van der Waals surface area (Å²) in [6, 6.07) is -0.158. The summed E-state index contributed by atoms with van der Waals surface area (Å²) in [6.07, 6.45) is 2.96. The highest BCUT2D eigenvalue weighted by Crippen LogP contribution is 2.31. The van der Waals surface area contributed by atoms with Gasteiger partial charge in [0.15, 0.2) is 0 Å². The molecule has 0 spiro atoms. The van der Waals surface area contributed by atoms with E-state index in [2.05, 4.69) is 0 Å². The average molecular weight is 317 g/mol. The Morgan fingerprint density at radius 2 is 1.26 bits per heavy atom. The van der Waals surface area contributed by atoms with Crippen LogP contribution in [0.2, 0.25) is 24.2 Å². The summed E-state index contributed by atoms with van der Waals surface area (Å²) in [5.41, 5.74) is 0. The molecule has 0 rings (SSSR count). The molecule has 0 nitrogen and oxygen atoms in total. The quantitative estimate of drug-likeness (QED) is 0.236. The zero-order chi connectivity index (χ0) is 14.9. The van der Waals surface area contributed by atoms with Crippen LogP contribution in [0.25, 0.3) is 0 Å². The van der Waals surface area contributed by atoms with Crippen molar-refractivity contribution in [2.45, 2.75) is 77.1 Å². The third kappa shape index (κ3) is 10.6. The molecule has 0 fully saturated rings. The van der Waals surface area contributed by atoms with E-state index >= 15 is 0 Å². The lowest BCUT2D eigenvalue weighted by molar-refractivity contribution is 0.492. The molecule has 0 aromatic rings. The van der Waals surface area contributed by atoms with Gasteiger partial charge in [-0.1, -0.05) is 46.5 Å². The van der Waals surface area contributed by atoms with E-state index in [0.717, 1.165) is 12.8 Å². The van der Waals surface area contributed by atoms with E-state index in [-0.39, 0.29) is 36.5 Å². The lowest BCUT2D eigenvalue weighted by Crippen LogP contribution is -2.27. The van der Waals surface area contributed by atoms with Crippen molar-refractivity contribution >= 4 is 17.5 Å². The first-order valence-corrected chi connectivity index (χ1v) is 11.8. The standard InChI is InChI=1S/C13H28F4Si2/c1-4-6-9-18(14,15)11-8-13(3)12-19(16,17)10-7-5-2/h13H,4-12H2,1-3H3. The molecule has 1 atom stereocenters. The summed E-state index contributed by atoms with van der Waals surface area (Å²) in [6.45, 7) is 5.50. The lowest BCUT2D eigenvalue weighted by atomic mass is 10.2. The number of hydrogen-bond acceptors (Lipinski definition) is 0. The molecule has 0 heterocycles. The Hall–Kier alpha value is 0.154. The largest absolute Gasteiger partial charge is 0.425 e. The van der Waals surface area contributed by atoms with Crippen LogP contribution in [0.15, 0.2) is 0 Å². The van der Waals surface area contributed by atoms with Crippen LogP contribution in [-0.4, -0.2) is 17.5 Å². The van der Waals surface area contributed by atoms with Gasteiger partial charge in [0.1, 0.15) is 0 Å². The van der Waals surface area contributed by atoms with Crippen molar-refractivity contribution in [2.24, 2.45) is 5.92 Å². The molecule has 116 valence electrons. The van der Waals surface area contributed by atoms with Gasteiger partial charge in [-0.15, -0.1) is 0 Å². The normalized spacial score (nSPS) is 14.7. The first-order chi connectivity index (χ1) is 8.72. The molecule has 0 N–H and O–H groups in total. The van der Waals surface area contributed by atoms with Gasteiger partial charge in [-0.2, -0.15) is 0 Å². The lowest BCUT2D eigenvalue weighted by Gasteiger charge is -2.19. The Labute approximate surface area is 117 Å². The van der Waals surface area contributed by atoms with Gasteiger partial charge in [0.25, 0.3) is 0 Å². The average Bonchev–Trinajstić information content (AvgIpc) is 2.31. The summed E-state index contributed by atoms with van der Waals surface area (Å²) in [7, 11) is -8.26. The summed E-state index contributed by atoms with van der Waals surface area (Å²) < 4.78 is 54.4. The maximum absolute atomic E-state index is 13.6. The van der Waals surface area contributed by atoms with E-state index in [1.807, 2.05) is 13.8 Å². The van der Waals surface area contributed by atoms with Gasteiger partial charge < -0.3 is 0 Å². The van der Waals surface area contributed by atoms with Crippen molar-refractivity contribution in [1.29, 1.82) is 0 Å². The Bertz CT molecular complexity index is 235. The minimum atomic E-state index is -4.14. The van der Waals surface area contributed by atoms with Gasteiger partial charge in [0.2, 0.25) is 0 Å². The fraction of sp³-hybridized carbons (Fsp3) is 1.00. The second-order valence-electron chi connectivity index (χ2n) is 5.77. The van der Waals surface area contributed by atoms with Crippen LogP contribution < -0.4 is 0 Å². The molecule has 1 unspecified atom stereocenters. The number of unbranched alkanes of at least 4 members (excludes halogenated alkanes) is 2. The van der Waals surface area contributed by atoms with Gasteiger partial charge in [-0.25, -0.2) is 0 Å². The first-order valence-electron chi connectivity index (χ1n) is 7.48. The van der Waals surface area contributed by atoms with Crippen LogP contribution in [0.4, 0.5) is 16.4 Å². The van der Waals surface area contributed by atoms with Crippen LogP contribution >= 0.6 is 0 Å². The van der Waals surface area contributed by atoms with E-state index in [0.29, 0.717) is 12.8 Å². The summed E-state index contributed by atoms with van der Waals surface area (Å²) in [4.78, 5) is 0. The van der Waals surface area contributed by atoms with Gasteiger partial charge in [0, 0.05) is 6.04 Å². The minimum absolute atomic E-state index is 0.0253. The third-order valence-electron chi connectivity index (χ3n) is 3.44. The zero-order valence-corrected chi connectivity index (χ0v) is 14.5. The highest BCUT2D eigenvalue weighted by molar-refractivity contribution is 6.66. The molecule has 0 aromatic heterocycles. The van der Waals surface area contributed by atoms with Crippen LogP contribution in [0.5, 0.6) is 0 Å². The highest BCUT2D eigenvalue weighted by atomic mass is 28.4. The molecule has 0 bridgehead atoms. The molecule has 19 heavy (non-hydrogen) atoms. The van der Waals surface area contributed by atoms with Crippen LogP contribution in [0, 0.1) is 5.92 Å². The molecule has 0 amide bonds. The minimum Gasteiger partial charge on any atom is -0.270 e. The van der Waals surface area contributed by atoms with Crippen molar-refractivity contribution in [3.8, 4) is 0 Å². The van der Waals surface area contributed by atoms with E-state index in [1.165, 1.54) is 0 Å². The monoisotopic (exact) mass is 316 g/mol. The van der Waals surface area contributed by atoms with Crippen LogP contribution in [0.1, 0.15) is 52.9 Å². The third-order valence-corrected chi connectivity index (χ3v) is 7.93. The predicted molar refractivity (Wildman–Crippen MR) is 78.8 cm³/mol. The fourth-order valence-corrected chi connectivity index (χ4v) is 6.50. The Morgan fingerprint density at radius 3 is 1.74 bits per heavy atom. The SMILES string of the molecule is CCCC[Si](F)(F)CCC(C)C[Si](F)(F)CCCC. The van der Waals surface area contributed by atoms with Gasteiger partial charge in [-0.3, -0.25) is 16.4 Å². The molecule has 6 heteroatoms. The maximum atomic E-state index is 13.6. The molecule has 0 saturated heterocycles. The van der Waals surface area contributed by atoms with Crippen molar-refractivity contribution in [3.05, 3.63) is 0 Å². The van der Waals surface area contributed by atoms with Crippen molar-refractivity contribution in [3.63, 3.8) is 0 Å². The van der Waals surface area contributed by atoms with Gasteiger partial charge in [0.05, 0.1) is 0 Å². The summed E-state index contributed by atoms with van der Waals surface area (Å²) in [5, 5.41) is 0. The van der Waals surface area contributed by atoms with Crippen LogP contribution in [0.3, 0.4) is 0 Å². The molecule has 0 aliphatic carbocycles. The van der Waals surface area contributed by atoms with E-state index in [9.17, 15) is 16.4 Å². The predicted octanol–water partition coefficient (Wildman–Crippen LogP) is 6.38. The Kier molecular flexibility index (Phi) is 9.23. The van der Waals surface area contributed by atoms with E-state index < -0.39 is 17.5 Å². The summed E-state index contributed by atoms with van der Waals surface area (Å²) in [5.74, 6) is -0.251. The number of rotatable bonds is 11. The Morgan fingerprint density at radius 1 is 0.789 bits per heavy atom. The summed E-state index contributed by atoms with van der Waals surface area (Å²) >= 11 is 0. The molecule has 0 aliphatic heterocycles. The molecule has 0 radical (unpaired) electrons. The van der Waals surface area contributed by atoms with Gasteiger partial charge in [-0.05, 0) is 30.5 Å². The van der Waals surface area contributed by atoms with E-state index in [4.69, 9.17) is 0 Å². The Balaban J connectivity index is 3.99. The van der Waals surface area contributed by atoms with Crippen molar-refractivity contribution < 1.29 is 16.4 Å². The topological polar surface area (TPSA) is 0 Å². The molecular formula is C13H28F4Si2. The zero-order valence-electron chi connectivity index (χ0n) is 12.5. The fourth-order valence-electron chi connectivity index (χ4n) is 2.17. The van der Waals surface area contributed by atoms with Gasteiger partial charge >= 0.3 is 17.5 Å². The molecule has 0 aliphatic rings. The molecule has 0 aromatic carbocycles. The maximum Gasteiger partial charge on any atom is 0.425 e. The number of halogens is 4. The van der Waals surface area contributed by atoms with Crippen molar-refractivity contribution in [1.82, 2.24) is 0 Å². The second kappa shape index (κ2) is 9.16. The molecular weight excluding hydrogens is 288 g/mol. The van der Waals surface area contributed by atoms with Crippen molar-refractivity contribution in [2.75, 3.05) is 0 Å². The van der Waals surface area contributed by atoms with Crippen LogP contribution in [-0.2, 0) is 0 Å². The highest BCUT2D eigenvalue weighted by Gasteiger charge is 2.38. The van der Waals surface area contributed by atoms with E-state index in [1.54, 1.807) is 6.92 Å². The number of hydrogen-bond donors (Lipinski definition) is 0. The smallest absolute Gasteiger partial charge is 0.270 e. The first kappa shape index (κ1) is 19.2. The molecule has 0 saturated carbocycles. The second-order valence-corrected chi connectivity index (χ2v) is 11.1.